The number of amides is 2. The van der Waals surface area contributed by atoms with Crippen molar-refractivity contribution in [3.8, 4) is 0 Å². The van der Waals surface area contributed by atoms with Gasteiger partial charge in [-0.25, -0.2) is 4.68 Å². The predicted molar refractivity (Wildman–Crippen MR) is 132 cm³/mol. The number of anilines is 2. The smallest absolute Gasteiger partial charge is 0.235 e. The zero-order valence-corrected chi connectivity index (χ0v) is 19.8. The van der Waals surface area contributed by atoms with E-state index in [0.29, 0.717) is 12.4 Å². The second-order valence-corrected chi connectivity index (χ2v) is 9.75. The SMILES string of the molecule is Cc1cccc(NC(=O)CSCC(=O)Nc2cc(C(C)(C)C)nn2Cc2ccccc2)c1. The van der Waals surface area contributed by atoms with E-state index in [1.807, 2.05) is 72.3 Å². The quantitative estimate of drug-likeness (QED) is 0.514. The van der Waals surface area contributed by atoms with Crippen LogP contribution in [0.3, 0.4) is 0 Å². The summed E-state index contributed by atoms with van der Waals surface area (Å²) in [5.41, 5.74) is 3.73. The van der Waals surface area contributed by atoms with Crippen LogP contribution < -0.4 is 10.6 Å². The Hall–Kier alpha value is -3.06. The molecule has 0 aliphatic carbocycles. The fourth-order valence-electron chi connectivity index (χ4n) is 3.10. The molecule has 2 aromatic carbocycles. The molecule has 3 rings (SSSR count). The van der Waals surface area contributed by atoms with Gasteiger partial charge in [0.15, 0.2) is 0 Å². The molecule has 2 N–H and O–H groups in total. The first-order chi connectivity index (χ1) is 15.2. The third-order valence-electron chi connectivity index (χ3n) is 4.76. The Bertz CT molecular complexity index is 1070. The number of nitrogens with one attached hydrogen (secondary N) is 2. The van der Waals surface area contributed by atoms with Gasteiger partial charge in [-0.05, 0) is 30.2 Å². The number of benzene rings is 2. The molecule has 3 aromatic rings. The van der Waals surface area contributed by atoms with Gasteiger partial charge >= 0.3 is 0 Å². The van der Waals surface area contributed by atoms with Gasteiger partial charge in [0.1, 0.15) is 5.82 Å². The van der Waals surface area contributed by atoms with Crippen molar-refractivity contribution in [1.82, 2.24) is 9.78 Å². The van der Waals surface area contributed by atoms with Gasteiger partial charge in [0.05, 0.1) is 23.7 Å². The average molecular weight is 451 g/mol. The summed E-state index contributed by atoms with van der Waals surface area (Å²) in [5, 5.41) is 10.5. The van der Waals surface area contributed by atoms with Gasteiger partial charge in [-0.15, -0.1) is 11.8 Å². The highest BCUT2D eigenvalue weighted by Gasteiger charge is 2.21. The summed E-state index contributed by atoms with van der Waals surface area (Å²) in [6.45, 7) is 8.82. The molecule has 0 bridgehead atoms. The number of nitrogens with zero attached hydrogens (tertiary/aromatic N) is 2. The summed E-state index contributed by atoms with van der Waals surface area (Å²) in [4.78, 5) is 24.7. The van der Waals surface area contributed by atoms with Gasteiger partial charge in [-0.3, -0.25) is 9.59 Å². The van der Waals surface area contributed by atoms with Crippen LogP contribution in [0.4, 0.5) is 11.5 Å². The summed E-state index contributed by atoms with van der Waals surface area (Å²) in [6.07, 6.45) is 0. The molecule has 7 heteroatoms. The zero-order chi connectivity index (χ0) is 23.1. The number of hydrogen-bond acceptors (Lipinski definition) is 4. The van der Waals surface area contributed by atoms with Crippen molar-refractivity contribution in [2.45, 2.75) is 39.7 Å². The third-order valence-corrected chi connectivity index (χ3v) is 5.69. The zero-order valence-electron chi connectivity index (χ0n) is 19.0. The summed E-state index contributed by atoms with van der Waals surface area (Å²) in [6, 6.07) is 19.6. The number of rotatable bonds is 8. The molecule has 0 atom stereocenters. The number of thioether (sulfide) groups is 1. The Balaban J connectivity index is 1.57. The predicted octanol–water partition coefficient (Wildman–Crippen LogP) is 4.85. The lowest BCUT2D eigenvalue weighted by molar-refractivity contribution is -0.114. The van der Waals surface area contributed by atoms with Crippen LogP contribution in [0.5, 0.6) is 0 Å². The Labute approximate surface area is 193 Å². The molecule has 1 heterocycles. The van der Waals surface area contributed by atoms with Crippen molar-refractivity contribution in [3.63, 3.8) is 0 Å². The number of carbonyl (C=O) groups is 2. The standard InChI is InChI=1S/C25H30N4O2S/c1-18-9-8-12-20(13-18)26-23(30)16-32-17-24(31)27-22-14-21(25(2,3)4)28-29(22)15-19-10-6-5-7-11-19/h5-14H,15-17H2,1-4H3,(H,26,30)(H,27,31). The Morgan fingerprint density at radius 2 is 1.62 bits per heavy atom. The summed E-state index contributed by atoms with van der Waals surface area (Å²) in [7, 11) is 0. The molecule has 0 aliphatic heterocycles. The van der Waals surface area contributed by atoms with Crippen LogP contribution in [-0.4, -0.2) is 33.1 Å². The fourth-order valence-corrected chi connectivity index (χ4v) is 3.71. The van der Waals surface area contributed by atoms with Crippen LogP contribution in [0.15, 0.2) is 60.7 Å². The van der Waals surface area contributed by atoms with Crippen molar-refractivity contribution in [1.29, 1.82) is 0 Å². The molecule has 0 saturated carbocycles. The van der Waals surface area contributed by atoms with Crippen LogP contribution in [0.25, 0.3) is 0 Å². The maximum Gasteiger partial charge on any atom is 0.235 e. The minimum atomic E-state index is -0.159. The first-order valence-electron chi connectivity index (χ1n) is 10.6. The Morgan fingerprint density at radius 1 is 0.938 bits per heavy atom. The lowest BCUT2D eigenvalue weighted by atomic mass is 9.92. The van der Waals surface area contributed by atoms with Gasteiger partial charge < -0.3 is 10.6 Å². The van der Waals surface area contributed by atoms with Crippen LogP contribution in [-0.2, 0) is 21.5 Å². The van der Waals surface area contributed by atoms with E-state index in [4.69, 9.17) is 5.10 Å². The van der Waals surface area contributed by atoms with E-state index in [1.165, 1.54) is 11.8 Å². The van der Waals surface area contributed by atoms with Crippen LogP contribution in [0.2, 0.25) is 0 Å². The second kappa shape index (κ2) is 10.5. The highest BCUT2D eigenvalue weighted by atomic mass is 32.2. The molecule has 32 heavy (non-hydrogen) atoms. The minimum absolute atomic E-state index is 0.127. The molecule has 0 aliphatic rings. The normalized spacial score (nSPS) is 11.2. The van der Waals surface area contributed by atoms with Crippen LogP contribution in [0, 0.1) is 6.92 Å². The third kappa shape index (κ3) is 6.99. The number of carbonyl (C=O) groups excluding carboxylic acids is 2. The highest BCUT2D eigenvalue weighted by Crippen LogP contribution is 2.25. The largest absolute Gasteiger partial charge is 0.325 e. The van der Waals surface area contributed by atoms with Gasteiger partial charge in [-0.2, -0.15) is 5.10 Å². The minimum Gasteiger partial charge on any atom is -0.325 e. The van der Waals surface area contributed by atoms with Crippen LogP contribution >= 0.6 is 11.8 Å². The van der Waals surface area contributed by atoms with E-state index in [0.717, 1.165) is 22.5 Å². The molecule has 1 aromatic heterocycles. The second-order valence-electron chi connectivity index (χ2n) is 8.77. The summed E-state index contributed by atoms with van der Waals surface area (Å²) in [5.74, 6) is 0.764. The van der Waals surface area contributed by atoms with Crippen molar-refractivity contribution in [2.24, 2.45) is 0 Å². The molecule has 0 spiro atoms. The van der Waals surface area contributed by atoms with E-state index in [-0.39, 0.29) is 28.7 Å². The van der Waals surface area contributed by atoms with Gasteiger partial charge in [-0.1, -0.05) is 63.2 Å². The molecule has 6 nitrogen and oxygen atoms in total. The first-order valence-corrected chi connectivity index (χ1v) is 11.7. The van der Waals surface area contributed by atoms with Crippen molar-refractivity contribution in [3.05, 3.63) is 77.5 Å². The van der Waals surface area contributed by atoms with E-state index in [2.05, 4.69) is 31.4 Å². The number of aromatic nitrogens is 2. The highest BCUT2D eigenvalue weighted by molar-refractivity contribution is 8.00. The van der Waals surface area contributed by atoms with Gasteiger partial charge in [0, 0.05) is 17.2 Å². The molecule has 0 saturated heterocycles. The molecule has 0 fully saturated rings. The van der Waals surface area contributed by atoms with Gasteiger partial charge in [0.25, 0.3) is 0 Å². The number of aryl methyl sites for hydroxylation is 1. The van der Waals surface area contributed by atoms with E-state index in [9.17, 15) is 9.59 Å². The first kappa shape index (κ1) is 23.6. The van der Waals surface area contributed by atoms with Crippen LogP contribution in [0.1, 0.15) is 37.6 Å². The lowest BCUT2D eigenvalue weighted by Gasteiger charge is -2.14. The lowest BCUT2D eigenvalue weighted by Crippen LogP contribution is -2.20. The maximum absolute atomic E-state index is 12.6. The molecule has 2 amide bonds. The average Bonchev–Trinajstić information content (AvgIpc) is 3.11. The monoisotopic (exact) mass is 450 g/mol. The summed E-state index contributed by atoms with van der Waals surface area (Å²) >= 11 is 1.28. The molecular weight excluding hydrogens is 420 g/mol. The van der Waals surface area contributed by atoms with Crippen molar-refractivity contribution < 1.29 is 9.59 Å². The molecule has 0 radical (unpaired) electrons. The molecule has 168 valence electrons. The molecule has 0 unspecified atom stereocenters. The Kier molecular flexibility index (Phi) is 7.75. The van der Waals surface area contributed by atoms with E-state index >= 15 is 0 Å². The number of hydrogen-bond donors (Lipinski definition) is 2. The van der Waals surface area contributed by atoms with Crippen molar-refractivity contribution in [2.75, 3.05) is 22.1 Å². The van der Waals surface area contributed by atoms with E-state index < -0.39 is 0 Å². The molecular formula is C25H30N4O2S. The Morgan fingerprint density at radius 3 is 2.28 bits per heavy atom. The van der Waals surface area contributed by atoms with E-state index in [1.54, 1.807) is 0 Å². The fraction of sp³-hybridized carbons (Fsp3) is 0.320. The van der Waals surface area contributed by atoms with Gasteiger partial charge in [0.2, 0.25) is 11.8 Å². The topological polar surface area (TPSA) is 76.0 Å². The van der Waals surface area contributed by atoms with Crippen molar-refractivity contribution >= 4 is 35.1 Å². The summed E-state index contributed by atoms with van der Waals surface area (Å²) < 4.78 is 1.82. The maximum atomic E-state index is 12.6.